The highest BCUT2D eigenvalue weighted by atomic mass is 16.3. The maximum atomic E-state index is 6.63. The Kier molecular flexibility index (Phi) is 5.82. The molecular formula is C42H26N2O. The van der Waals surface area contributed by atoms with Crippen molar-refractivity contribution in [3.63, 3.8) is 0 Å². The number of fused-ring (bicyclic) bond motifs is 6. The van der Waals surface area contributed by atoms with Gasteiger partial charge in [0.05, 0.1) is 11.2 Å². The van der Waals surface area contributed by atoms with Crippen LogP contribution in [0.5, 0.6) is 0 Å². The van der Waals surface area contributed by atoms with E-state index in [0.29, 0.717) is 5.82 Å². The van der Waals surface area contributed by atoms with Gasteiger partial charge in [0.1, 0.15) is 11.2 Å². The second-order valence-electron chi connectivity index (χ2n) is 11.4. The SMILES string of the molecule is c1ccc(-c2cccc(-c3nc(-c4cccc5oc6c7ccccc7c(-c7ccccc7)cc6c45)nc4ccccc34)c2)cc1. The summed E-state index contributed by atoms with van der Waals surface area (Å²) in [5, 5.41) is 5.36. The van der Waals surface area contributed by atoms with Crippen molar-refractivity contribution in [1.82, 2.24) is 9.97 Å². The second-order valence-corrected chi connectivity index (χ2v) is 11.4. The predicted octanol–water partition coefficient (Wildman–Crippen LogP) is 11.4. The van der Waals surface area contributed by atoms with Gasteiger partial charge in [-0.15, -0.1) is 0 Å². The van der Waals surface area contributed by atoms with E-state index in [1.165, 1.54) is 22.1 Å². The minimum Gasteiger partial charge on any atom is -0.455 e. The van der Waals surface area contributed by atoms with Crippen molar-refractivity contribution in [2.24, 2.45) is 0 Å². The molecule has 3 heteroatoms. The van der Waals surface area contributed by atoms with Gasteiger partial charge in [0, 0.05) is 32.7 Å². The Morgan fingerprint density at radius 2 is 1.04 bits per heavy atom. The zero-order valence-electron chi connectivity index (χ0n) is 24.3. The lowest BCUT2D eigenvalue weighted by molar-refractivity contribution is 0.673. The zero-order valence-corrected chi connectivity index (χ0v) is 24.3. The lowest BCUT2D eigenvalue weighted by Gasteiger charge is -2.12. The first-order valence-electron chi connectivity index (χ1n) is 15.2. The first-order valence-corrected chi connectivity index (χ1v) is 15.2. The van der Waals surface area contributed by atoms with Crippen molar-refractivity contribution in [3.8, 4) is 44.9 Å². The molecule has 9 rings (SSSR count). The molecule has 0 unspecified atom stereocenters. The molecule has 0 N–H and O–H groups in total. The highest BCUT2D eigenvalue weighted by molar-refractivity contribution is 6.22. The summed E-state index contributed by atoms with van der Waals surface area (Å²) in [5.74, 6) is 0.677. The number of aromatic nitrogens is 2. The van der Waals surface area contributed by atoms with Crippen LogP contribution in [0.25, 0.3) is 88.5 Å². The van der Waals surface area contributed by atoms with E-state index in [0.717, 1.165) is 60.6 Å². The molecule has 0 radical (unpaired) electrons. The maximum Gasteiger partial charge on any atom is 0.161 e. The number of nitrogens with zero attached hydrogens (tertiary/aromatic N) is 2. The molecule has 0 aliphatic heterocycles. The van der Waals surface area contributed by atoms with E-state index < -0.39 is 0 Å². The summed E-state index contributed by atoms with van der Waals surface area (Å²) in [4.78, 5) is 10.4. The van der Waals surface area contributed by atoms with Gasteiger partial charge in [0.2, 0.25) is 0 Å². The smallest absolute Gasteiger partial charge is 0.161 e. The lowest BCUT2D eigenvalue weighted by Crippen LogP contribution is -1.96. The van der Waals surface area contributed by atoms with Crippen LogP contribution in [-0.4, -0.2) is 9.97 Å². The molecule has 0 atom stereocenters. The van der Waals surface area contributed by atoms with Crippen LogP contribution in [0.2, 0.25) is 0 Å². The molecule has 0 saturated carbocycles. The van der Waals surface area contributed by atoms with Crippen LogP contribution >= 0.6 is 0 Å². The first kappa shape index (κ1) is 25.4. The molecule has 0 aliphatic carbocycles. The fraction of sp³-hybridized carbons (Fsp3) is 0. The minimum atomic E-state index is 0.677. The van der Waals surface area contributed by atoms with Gasteiger partial charge < -0.3 is 4.42 Å². The average molecular weight is 575 g/mol. The van der Waals surface area contributed by atoms with Crippen molar-refractivity contribution < 1.29 is 4.42 Å². The van der Waals surface area contributed by atoms with Crippen LogP contribution in [0, 0.1) is 0 Å². The van der Waals surface area contributed by atoms with E-state index in [4.69, 9.17) is 14.4 Å². The van der Waals surface area contributed by atoms with E-state index in [-0.39, 0.29) is 0 Å². The van der Waals surface area contributed by atoms with Gasteiger partial charge in [-0.1, -0.05) is 133 Å². The molecule has 0 aliphatic rings. The van der Waals surface area contributed by atoms with E-state index in [1.807, 2.05) is 24.3 Å². The van der Waals surface area contributed by atoms with E-state index in [1.54, 1.807) is 0 Å². The van der Waals surface area contributed by atoms with Gasteiger partial charge in [-0.05, 0) is 51.9 Å². The Morgan fingerprint density at radius 1 is 0.400 bits per heavy atom. The van der Waals surface area contributed by atoms with Crippen molar-refractivity contribution >= 4 is 43.6 Å². The minimum absolute atomic E-state index is 0.677. The lowest BCUT2D eigenvalue weighted by atomic mass is 9.94. The number of benzene rings is 7. The van der Waals surface area contributed by atoms with Gasteiger partial charge in [-0.2, -0.15) is 0 Å². The maximum absolute atomic E-state index is 6.63. The standard InChI is InChI=1S/C42H26N2O/c1-3-13-27(14-4-1)29-17-11-18-30(25-29)40-33-21-9-10-23-37(33)43-42(44-40)34-22-12-24-38-39(34)36-26-35(28-15-5-2-6-16-28)31-19-7-8-20-32(31)41(36)45-38/h1-26H. The van der Waals surface area contributed by atoms with Crippen molar-refractivity contribution in [2.75, 3.05) is 0 Å². The summed E-state index contributed by atoms with van der Waals surface area (Å²) >= 11 is 0. The second kappa shape index (κ2) is 10.3. The molecule has 0 fully saturated rings. The zero-order chi connectivity index (χ0) is 29.7. The predicted molar refractivity (Wildman–Crippen MR) is 186 cm³/mol. The molecule has 0 amide bonds. The normalized spacial score (nSPS) is 11.6. The molecule has 2 heterocycles. The largest absolute Gasteiger partial charge is 0.455 e. The quantitative estimate of drug-likeness (QED) is 0.210. The Labute approximate surface area is 260 Å². The highest BCUT2D eigenvalue weighted by Crippen LogP contribution is 2.43. The van der Waals surface area contributed by atoms with Crippen molar-refractivity contribution in [3.05, 3.63) is 158 Å². The Morgan fingerprint density at radius 3 is 1.87 bits per heavy atom. The summed E-state index contributed by atoms with van der Waals surface area (Å²) in [6.45, 7) is 0. The molecule has 45 heavy (non-hydrogen) atoms. The van der Waals surface area contributed by atoms with Crippen LogP contribution in [0.3, 0.4) is 0 Å². The number of para-hydroxylation sites is 1. The molecule has 3 nitrogen and oxygen atoms in total. The number of rotatable bonds is 4. The summed E-state index contributed by atoms with van der Waals surface area (Å²) < 4.78 is 6.63. The van der Waals surface area contributed by atoms with E-state index in [2.05, 4.69) is 133 Å². The first-order chi connectivity index (χ1) is 22.3. The summed E-state index contributed by atoms with van der Waals surface area (Å²) in [7, 11) is 0. The van der Waals surface area contributed by atoms with E-state index >= 15 is 0 Å². The van der Waals surface area contributed by atoms with Crippen LogP contribution < -0.4 is 0 Å². The Hall–Kier alpha value is -6.06. The molecular weight excluding hydrogens is 548 g/mol. The number of hydrogen-bond donors (Lipinski definition) is 0. The van der Waals surface area contributed by atoms with Gasteiger partial charge in [0.15, 0.2) is 5.82 Å². The highest BCUT2D eigenvalue weighted by Gasteiger charge is 2.20. The molecule has 7 aromatic carbocycles. The van der Waals surface area contributed by atoms with Crippen LogP contribution in [0.4, 0.5) is 0 Å². The topological polar surface area (TPSA) is 38.9 Å². The van der Waals surface area contributed by atoms with Gasteiger partial charge in [-0.25, -0.2) is 9.97 Å². The monoisotopic (exact) mass is 574 g/mol. The molecule has 2 aromatic heterocycles. The van der Waals surface area contributed by atoms with Crippen molar-refractivity contribution in [1.29, 1.82) is 0 Å². The molecule has 0 bridgehead atoms. The number of furan rings is 1. The van der Waals surface area contributed by atoms with Gasteiger partial charge in [0.25, 0.3) is 0 Å². The van der Waals surface area contributed by atoms with Crippen LogP contribution in [0.15, 0.2) is 162 Å². The van der Waals surface area contributed by atoms with Gasteiger partial charge in [-0.3, -0.25) is 0 Å². The molecule has 210 valence electrons. The van der Waals surface area contributed by atoms with Gasteiger partial charge >= 0.3 is 0 Å². The van der Waals surface area contributed by atoms with E-state index in [9.17, 15) is 0 Å². The van der Waals surface area contributed by atoms with Crippen molar-refractivity contribution in [2.45, 2.75) is 0 Å². The Bertz CT molecular complexity index is 2530. The summed E-state index contributed by atoms with van der Waals surface area (Å²) in [5.41, 5.74) is 10.2. The molecule has 0 saturated heterocycles. The fourth-order valence-electron chi connectivity index (χ4n) is 6.58. The third kappa shape index (κ3) is 4.21. The third-order valence-electron chi connectivity index (χ3n) is 8.67. The van der Waals surface area contributed by atoms with Crippen LogP contribution in [-0.2, 0) is 0 Å². The molecule has 0 spiro atoms. The Balaban J connectivity index is 1.32. The average Bonchev–Trinajstić information content (AvgIpc) is 3.51. The van der Waals surface area contributed by atoms with Crippen LogP contribution in [0.1, 0.15) is 0 Å². The summed E-state index contributed by atoms with van der Waals surface area (Å²) in [6, 6.07) is 54.9. The number of hydrogen-bond acceptors (Lipinski definition) is 3. The summed E-state index contributed by atoms with van der Waals surface area (Å²) in [6.07, 6.45) is 0. The third-order valence-corrected chi connectivity index (χ3v) is 8.67. The fourth-order valence-corrected chi connectivity index (χ4v) is 6.58. The molecule has 9 aromatic rings.